The highest BCUT2D eigenvalue weighted by molar-refractivity contribution is 9.10. The number of ether oxygens (including phenoxy) is 3. The van der Waals surface area contributed by atoms with E-state index in [2.05, 4.69) is 20.7 Å². The van der Waals surface area contributed by atoms with Gasteiger partial charge in [0.2, 0.25) is 0 Å². The van der Waals surface area contributed by atoms with Crippen LogP contribution in [0.3, 0.4) is 0 Å². The van der Waals surface area contributed by atoms with Crippen molar-refractivity contribution < 1.29 is 23.8 Å². The van der Waals surface area contributed by atoms with Crippen LogP contribution in [0.2, 0.25) is 0 Å². The molecule has 1 aliphatic heterocycles. The number of hydrogen-bond acceptors (Lipinski definition) is 5. The molecule has 2 rings (SSSR count). The first-order chi connectivity index (χ1) is 10.1. The summed E-state index contributed by atoms with van der Waals surface area (Å²) in [4.78, 5) is 25.2. The minimum Gasteiger partial charge on any atom is -0.483 e. The maximum atomic E-state index is 12.0. The van der Waals surface area contributed by atoms with Crippen molar-refractivity contribution in [2.75, 3.05) is 40.0 Å². The summed E-state index contributed by atoms with van der Waals surface area (Å²) in [6.07, 6.45) is 0. The summed E-state index contributed by atoms with van der Waals surface area (Å²) in [5, 5.41) is 0. The molecule has 1 saturated heterocycles. The average molecular weight is 358 g/mol. The van der Waals surface area contributed by atoms with E-state index < -0.39 is 5.97 Å². The molecular weight excluding hydrogens is 342 g/mol. The predicted molar refractivity (Wildman–Crippen MR) is 78.4 cm³/mol. The Morgan fingerprint density at radius 2 is 2.05 bits per heavy atom. The van der Waals surface area contributed by atoms with Crippen LogP contribution in [0.4, 0.5) is 0 Å². The Labute approximate surface area is 131 Å². The first kappa shape index (κ1) is 15.8. The zero-order chi connectivity index (χ0) is 15.2. The summed E-state index contributed by atoms with van der Waals surface area (Å²) < 4.78 is 16.0. The minimum absolute atomic E-state index is 0.0801. The lowest BCUT2D eigenvalue weighted by atomic mass is 10.2. The highest BCUT2D eigenvalue weighted by atomic mass is 79.9. The van der Waals surface area contributed by atoms with Gasteiger partial charge in [-0.25, -0.2) is 4.79 Å². The maximum absolute atomic E-state index is 12.0. The second-order valence-electron chi connectivity index (χ2n) is 4.42. The second kappa shape index (κ2) is 7.42. The first-order valence-electron chi connectivity index (χ1n) is 6.48. The molecule has 1 heterocycles. The van der Waals surface area contributed by atoms with Gasteiger partial charge in [-0.2, -0.15) is 0 Å². The lowest BCUT2D eigenvalue weighted by molar-refractivity contribution is -0.137. The van der Waals surface area contributed by atoms with E-state index in [4.69, 9.17) is 9.47 Å². The molecule has 0 unspecified atom stereocenters. The Hall–Kier alpha value is -1.60. The zero-order valence-corrected chi connectivity index (χ0v) is 13.2. The number of hydrogen-bond donors (Lipinski definition) is 0. The SMILES string of the molecule is COC(=O)c1ccc(Br)c(OCC(=O)N2CCOCC2)c1. The molecule has 0 atom stereocenters. The third-order valence-corrected chi connectivity index (χ3v) is 3.72. The molecule has 6 nitrogen and oxygen atoms in total. The van der Waals surface area contributed by atoms with Crippen molar-refractivity contribution in [1.29, 1.82) is 0 Å². The molecule has 0 radical (unpaired) electrons. The maximum Gasteiger partial charge on any atom is 0.337 e. The normalized spacial score (nSPS) is 14.7. The summed E-state index contributed by atoms with van der Waals surface area (Å²) >= 11 is 3.33. The van der Waals surface area contributed by atoms with Crippen LogP contribution in [-0.4, -0.2) is 56.8 Å². The molecule has 1 aliphatic rings. The Bertz CT molecular complexity index is 528. The molecule has 0 bridgehead atoms. The molecule has 21 heavy (non-hydrogen) atoms. The molecule has 114 valence electrons. The number of nitrogens with zero attached hydrogens (tertiary/aromatic N) is 1. The van der Waals surface area contributed by atoms with Crippen molar-refractivity contribution in [3.8, 4) is 5.75 Å². The highest BCUT2D eigenvalue weighted by Gasteiger charge is 2.18. The molecule has 0 aromatic heterocycles. The topological polar surface area (TPSA) is 65.1 Å². The van der Waals surface area contributed by atoms with Gasteiger partial charge in [0.15, 0.2) is 6.61 Å². The lowest BCUT2D eigenvalue weighted by Crippen LogP contribution is -2.43. The fourth-order valence-electron chi connectivity index (χ4n) is 1.90. The number of carbonyl (C=O) groups is 2. The Balaban J connectivity index is 1.98. The molecule has 1 fully saturated rings. The molecule has 1 aromatic carbocycles. The van der Waals surface area contributed by atoms with Crippen LogP contribution >= 0.6 is 15.9 Å². The monoisotopic (exact) mass is 357 g/mol. The van der Waals surface area contributed by atoms with Gasteiger partial charge in [0.1, 0.15) is 5.75 Å². The average Bonchev–Trinajstić information content (AvgIpc) is 2.53. The van der Waals surface area contributed by atoms with Crippen molar-refractivity contribution in [3.63, 3.8) is 0 Å². The van der Waals surface area contributed by atoms with Crippen molar-refractivity contribution in [1.82, 2.24) is 4.90 Å². The number of halogens is 1. The molecule has 1 amide bonds. The Morgan fingerprint density at radius 1 is 1.33 bits per heavy atom. The Morgan fingerprint density at radius 3 is 2.71 bits per heavy atom. The van der Waals surface area contributed by atoms with Gasteiger partial charge in [-0.15, -0.1) is 0 Å². The molecule has 0 N–H and O–H groups in total. The zero-order valence-electron chi connectivity index (χ0n) is 11.6. The number of esters is 1. The van der Waals surface area contributed by atoms with Crippen LogP contribution in [0.5, 0.6) is 5.75 Å². The van der Waals surface area contributed by atoms with Gasteiger partial charge in [-0.05, 0) is 34.1 Å². The molecule has 7 heteroatoms. The predicted octanol–water partition coefficient (Wildman–Crippen LogP) is 1.47. The number of rotatable bonds is 4. The summed E-state index contributed by atoms with van der Waals surface area (Å²) in [6, 6.07) is 4.84. The van der Waals surface area contributed by atoms with E-state index in [1.807, 2.05) is 0 Å². The second-order valence-corrected chi connectivity index (χ2v) is 5.27. The largest absolute Gasteiger partial charge is 0.483 e. The van der Waals surface area contributed by atoms with Gasteiger partial charge < -0.3 is 19.1 Å². The summed E-state index contributed by atoms with van der Waals surface area (Å²) in [7, 11) is 1.31. The van der Waals surface area contributed by atoms with Crippen LogP contribution < -0.4 is 4.74 Å². The van der Waals surface area contributed by atoms with Crippen molar-refractivity contribution >= 4 is 27.8 Å². The Kier molecular flexibility index (Phi) is 5.58. The van der Waals surface area contributed by atoms with Gasteiger partial charge in [-0.1, -0.05) is 0 Å². The van der Waals surface area contributed by atoms with Crippen LogP contribution in [0.15, 0.2) is 22.7 Å². The standard InChI is InChI=1S/C14H16BrNO5/c1-19-14(18)10-2-3-11(15)12(8-10)21-9-13(17)16-4-6-20-7-5-16/h2-3,8H,4-7,9H2,1H3. The molecule has 0 spiro atoms. The number of carbonyl (C=O) groups excluding carboxylic acids is 2. The van der Waals surface area contributed by atoms with Crippen molar-refractivity contribution in [2.45, 2.75) is 0 Å². The summed E-state index contributed by atoms with van der Waals surface area (Å²) in [5.74, 6) is -0.125. The van der Waals surface area contributed by atoms with Crippen LogP contribution in [0.25, 0.3) is 0 Å². The molecule has 0 saturated carbocycles. The number of morpholine rings is 1. The van der Waals surface area contributed by atoms with Gasteiger partial charge in [-0.3, -0.25) is 4.79 Å². The summed E-state index contributed by atoms with van der Waals surface area (Å²) in [6.45, 7) is 2.17. The fourth-order valence-corrected chi connectivity index (χ4v) is 2.26. The molecule has 0 aliphatic carbocycles. The molecule has 1 aromatic rings. The fraction of sp³-hybridized carbons (Fsp3) is 0.429. The number of benzene rings is 1. The summed E-state index contributed by atoms with van der Waals surface area (Å²) in [5.41, 5.74) is 0.370. The van der Waals surface area contributed by atoms with Crippen LogP contribution in [-0.2, 0) is 14.3 Å². The first-order valence-corrected chi connectivity index (χ1v) is 7.27. The lowest BCUT2D eigenvalue weighted by Gasteiger charge is -2.26. The van der Waals surface area contributed by atoms with E-state index in [-0.39, 0.29) is 12.5 Å². The number of amides is 1. The minimum atomic E-state index is -0.452. The molecular formula is C14H16BrNO5. The van der Waals surface area contributed by atoms with Gasteiger partial charge in [0, 0.05) is 13.1 Å². The van der Waals surface area contributed by atoms with E-state index in [0.29, 0.717) is 42.1 Å². The van der Waals surface area contributed by atoms with E-state index in [1.54, 1.807) is 23.1 Å². The third kappa shape index (κ3) is 4.18. The van der Waals surface area contributed by atoms with Crippen molar-refractivity contribution in [3.05, 3.63) is 28.2 Å². The van der Waals surface area contributed by atoms with E-state index in [0.717, 1.165) is 0 Å². The van der Waals surface area contributed by atoms with E-state index >= 15 is 0 Å². The number of methoxy groups -OCH3 is 1. The van der Waals surface area contributed by atoms with E-state index in [9.17, 15) is 9.59 Å². The third-order valence-electron chi connectivity index (χ3n) is 3.07. The van der Waals surface area contributed by atoms with Crippen LogP contribution in [0.1, 0.15) is 10.4 Å². The van der Waals surface area contributed by atoms with Gasteiger partial charge in [0.25, 0.3) is 5.91 Å². The van der Waals surface area contributed by atoms with Crippen molar-refractivity contribution in [2.24, 2.45) is 0 Å². The smallest absolute Gasteiger partial charge is 0.337 e. The van der Waals surface area contributed by atoms with E-state index in [1.165, 1.54) is 7.11 Å². The van der Waals surface area contributed by atoms with Gasteiger partial charge in [0.05, 0.1) is 30.4 Å². The van der Waals surface area contributed by atoms with Crippen LogP contribution in [0, 0.1) is 0 Å². The highest BCUT2D eigenvalue weighted by Crippen LogP contribution is 2.26. The quantitative estimate of drug-likeness (QED) is 0.763. The van der Waals surface area contributed by atoms with Gasteiger partial charge >= 0.3 is 5.97 Å².